The highest BCUT2D eigenvalue weighted by atomic mass is 16.3. The van der Waals surface area contributed by atoms with Gasteiger partial charge >= 0.3 is 0 Å². The quantitative estimate of drug-likeness (QED) is 0.864. The second-order valence-electron chi connectivity index (χ2n) is 8.20. The summed E-state index contributed by atoms with van der Waals surface area (Å²) >= 11 is 0. The normalized spacial score (nSPS) is 27.5. The van der Waals surface area contributed by atoms with Gasteiger partial charge < -0.3 is 10.0 Å². The predicted octanol–water partition coefficient (Wildman–Crippen LogP) is 3.60. The van der Waals surface area contributed by atoms with E-state index >= 15 is 0 Å². The Bertz CT molecular complexity index is 342. The summed E-state index contributed by atoms with van der Waals surface area (Å²) in [5.74, 6) is 1.27. The average Bonchev–Trinajstić information content (AvgIpc) is 2.62. The van der Waals surface area contributed by atoms with E-state index in [4.69, 9.17) is 0 Å². The largest absolute Gasteiger partial charge is 0.391 e. The van der Waals surface area contributed by atoms with Crippen LogP contribution in [0.2, 0.25) is 0 Å². The molecule has 1 N–H and O–H groups in total. The fourth-order valence-electron chi connectivity index (χ4n) is 3.99. The molecule has 21 heavy (non-hydrogen) atoms. The van der Waals surface area contributed by atoms with Crippen LogP contribution in [0.4, 0.5) is 0 Å². The Morgan fingerprint density at radius 1 is 1.14 bits per heavy atom. The molecule has 2 atom stereocenters. The SMILES string of the molecule is CC(C)(C)[C@@H]1CCC(=O)N(C[C@@H](O)C2CCCCC2)CC1. The molecule has 0 aromatic heterocycles. The topological polar surface area (TPSA) is 40.5 Å². The molecule has 0 spiro atoms. The van der Waals surface area contributed by atoms with E-state index in [1.54, 1.807) is 0 Å². The Balaban J connectivity index is 1.88. The first-order valence-electron chi connectivity index (χ1n) is 8.84. The van der Waals surface area contributed by atoms with Gasteiger partial charge in [-0.15, -0.1) is 0 Å². The zero-order valence-corrected chi connectivity index (χ0v) is 14.1. The molecule has 2 fully saturated rings. The van der Waals surface area contributed by atoms with Gasteiger partial charge in [-0.25, -0.2) is 0 Å². The van der Waals surface area contributed by atoms with E-state index in [1.807, 2.05) is 4.90 Å². The molecule has 1 saturated heterocycles. The number of carbonyl (C=O) groups is 1. The van der Waals surface area contributed by atoms with Gasteiger partial charge in [0.15, 0.2) is 0 Å². The van der Waals surface area contributed by atoms with E-state index in [0.717, 1.165) is 32.2 Å². The minimum Gasteiger partial charge on any atom is -0.391 e. The molecule has 0 aromatic rings. The van der Waals surface area contributed by atoms with Gasteiger partial charge in [0.1, 0.15) is 0 Å². The molecule has 2 rings (SSSR count). The average molecular weight is 295 g/mol. The minimum absolute atomic E-state index is 0.247. The predicted molar refractivity (Wildman–Crippen MR) is 86.0 cm³/mol. The molecule has 1 aliphatic heterocycles. The third-order valence-corrected chi connectivity index (χ3v) is 5.63. The molecule has 3 heteroatoms. The maximum absolute atomic E-state index is 12.3. The fraction of sp³-hybridized carbons (Fsp3) is 0.944. The summed E-state index contributed by atoms with van der Waals surface area (Å²) in [5.41, 5.74) is 0.276. The Hall–Kier alpha value is -0.570. The van der Waals surface area contributed by atoms with Crippen molar-refractivity contribution >= 4 is 5.91 Å². The summed E-state index contributed by atoms with van der Waals surface area (Å²) in [5, 5.41) is 10.5. The summed E-state index contributed by atoms with van der Waals surface area (Å²) < 4.78 is 0. The third-order valence-electron chi connectivity index (χ3n) is 5.63. The van der Waals surface area contributed by atoms with Crippen LogP contribution < -0.4 is 0 Å². The highest BCUT2D eigenvalue weighted by Crippen LogP contribution is 2.35. The van der Waals surface area contributed by atoms with Gasteiger partial charge in [0, 0.05) is 19.5 Å². The molecule has 122 valence electrons. The van der Waals surface area contributed by atoms with Crippen molar-refractivity contribution < 1.29 is 9.90 Å². The first-order chi connectivity index (χ1) is 9.88. The van der Waals surface area contributed by atoms with Crippen molar-refractivity contribution in [3.8, 4) is 0 Å². The molecule has 0 radical (unpaired) electrons. The summed E-state index contributed by atoms with van der Waals surface area (Å²) in [4.78, 5) is 14.3. The standard InChI is InChI=1S/C18H33NO2/c1-18(2,3)15-9-10-17(21)19(12-11-15)13-16(20)14-7-5-4-6-8-14/h14-16,20H,4-13H2,1-3H3/t15-,16-/m1/s1. The number of amides is 1. The van der Waals surface area contributed by atoms with Crippen LogP contribution in [0.3, 0.4) is 0 Å². The number of rotatable bonds is 3. The molecule has 2 aliphatic rings. The molecule has 0 aromatic carbocycles. The van der Waals surface area contributed by atoms with Gasteiger partial charge in [-0.1, -0.05) is 40.0 Å². The van der Waals surface area contributed by atoms with E-state index in [1.165, 1.54) is 19.3 Å². The van der Waals surface area contributed by atoms with E-state index < -0.39 is 0 Å². The third kappa shape index (κ3) is 4.70. The monoisotopic (exact) mass is 295 g/mol. The lowest BCUT2D eigenvalue weighted by molar-refractivity contribution is -0.132. The van der Waals surface area contributed by atoms with Crippen molar-refractivity contribution in [2.75, 3.05) is 13.1 Å². The van der Waals surface area contributed by atoms with Gasteiger partial charge in [-0.2, -0.15) is 0 Å². The van der Waals surface area contributed by atoms with Gasteiger partial charge in [0.25, 0.3) is 0 Å². The fourth-order valence-corrected chi connectivity index (χ4v) is 3.99. The molecular formula is C18H33NO2. The summed E-state index contributed by atoms with van der Waals surface area (Å²) in [6.45, 7) is 8.20. The summed E-state index contributed by atoms with van der Waals surface area (Å²) in [6, 6.07) is 0. The van der Waals surface area contributed by atoms with Crippen LogP contribution in [0.25, 0.3) is 0 Å². The van der Waals surface area contributed by atoms with Crippen LogP contribution in [0.15, 0.2) is 0 Å². The van der Waals surface area contributed by atoms with E-state index in [9.17, 15) is 9.90 Å². The Morgan fingerprint density at radius 2 is 1.81 bits per heavy atom. The molecule has 1 heterocycles. The van der Waals surface area contributed by atoms with Gasteiger partial charge in [-0.3, -0.25) is 4.79 Å². The van der Waals surface area contributed by atoms with Crippen LogP contribution in [0.1, 0.15) is 72.1 Å². The lowest BCUT2D eigenvalue weighted by atomic mass is 9.77. The van der Waals surface area contributed by atoms with E-state index in [-0.39, 0.29) is 17.4 Å². The summed E-state index contributed by atoms with van der Waals surface area (Å²) in [6.07, 6.45) is 8.45. The molecule has 0 bridgehead atoms. The van der Waals surface area contributed by atoms with Crippen LogP contribution in [0.5, 0.6) is 0 Å². The Labute approximate surface area is 130 Å². The van der Waals surface area contributed by atoms with Crippen LogP contribution in [-0.2, 0) is 4.79 Å². The molecule has 1 amide bonds. The molecular weight excluding hydrogens is 262 g/mol. The second-order valence-corrected chi connectivity index (χ2v) is 8.20. The maximum atomic E-state index is 12.3. The molecule has 1 saturated carbocycles. The second kappa shape index (κ2) is 7.13. The Kier molecular flexibility index (Phi) is 5.70. The highest BCUT2D eigenvalue weighted by Gasteiger charge is 2.32. The number of likely N-dealkylation sites (tertiary alicyclic amines) is 1. The zero-order valence-electron chi connectivity index (χ0n) is 14.1. The van der Waals surface area contributed by atoms with Crippen molar-refractivity contribution in [2.45, 2.75) is 78.2 Å². The number of hydrogen-bond donors (Lipinski definition) is 1. The number of nitrogens with zero attached hydrogens (tertiary/aromatic N) is 1. The number of hydrogen-bond acceptors (Lipinski definition) is 2. The number of carbonyl (C=O) groups excluding carboxylic acids is 1. The molecule has 0 unspecified atom stereocenters. The van der Waals surface area contributed by atoms with Crippen molar-refractivity contribution in [2.24, 2.45) is 17.3 Å². The van der Waals surface area contributed by atoms with Crippen molar-refractivity contribution in [1.29, 1.82) is 0 Å². The Morgan fingerprint density at radius 3 is 2.43 bits per heavy atom. The highest BCUT2D eigenvalue weighted by molar-refractivity contribution is 5.76. The molecule has 1 aliphatic carbocycles. The van der Waals surface area contributed by atoms with Crippen molar-refractivity contribution in [3.63, 3.8) is 0 Å². The van der Waals surface area contributed by atoms with Crippen LogP contribution >= 0.6 is 0 Å². The van der Waals surface area contributed by atoms with Crippen molar-refractivity contribution in [3.05, 3.63) is 0 Å². The smallest absolute Gasteiger partial charge is 0.222 e. The number of β-amino-alcohol motifs (C(OH)–C–C–N with tert-alkyl or cyclic N) is 1. The van der Waals surface area contributed by atoms with Crippen molar-refractivity contribution in [1.82, 2.24) is 4.90 Å². The number of aliphatic hydroxyl groups excluding tert-OH is 1. The lowest BCUT2D eigenvalue weighted by Crippen LogP contribution is -2.40. The van der Waals surface area contributed by atoms with E-state index in [0.29, 0.717) is 24.8 Å². The minimum atomic E-state index is -0.319. The van der Waals surface area contributed by atoms with Gasteiger partial charge in [0.2, 0.25) is 5.91 Å². The van der Waals surface area contributed by atoms with Crippen LogP contribution in [0, 0.1) is 17.3 Å². The summed E-state index contributed by atoms with van der Waals surface area (Å²) in [7, 11) is 0. The first-order valence-corrected chi connectivity index (χ1v) is 8.84. The lowest BCUT2D eigenvalue weighted by Gasteiger charge is -2.32. The van der Waals surface area contributed by atoms with E-state index in [2.05, 4.69) is 20.8 Å². The van der Waals surface area contributed by atoms with Gasteiger partial charge in [0.05, 0.1) is 6.10 Å². The van der Waals surface area contributed by atoms with Crippen LogP contribution in [-0.4, -0.2) is 35.1 Å². The maximum Gasteiger partial charge on any atom is 0.222 e. The molecule has 3 nitrogen and oxygen atoms in total. The first kappa shape index (κ1) is 16.8. The zero-order chi connectivity index (χ0) is 15.5. The number of aliphatic hydroxyl groups is 1. The van der Waals surface area contributed by atoms with Gasteiger partial charge in [-0.05, 0) is 42.9 Å².